The molecule has 0 aromatic heterocycles. The van der Waals surface area contributed by atoms with Gasteiger partial charge in [0.1, 0.15) is 12.3 Å². The van der Waals surface area contributed by atoms with Crippen LogP contribution in [0.2, 0.25) is 5.02 Å². The molecule has 0 radical (unpaired) electrons. The van der Waals surface area contributed by atoms with Gasteiger partial charge in [-0.05, 0) is 110 Å². The third kappa shape index (κ3) is 7.18. The van der Waals surface area contributed by atoms with Crippen molar-refractivity contribution in [2.75, 3.05) is 28.0 Å². The van der Waals surface area contributed by atoms with Gasteiger partial charge in [0.15, 0.2) is 0 Å². The van der Waals surface area contributed by atoms with Gasteiger partial charge in [-0.15, -0.1) is 0 Å². The van der Waals surface area contributed by atoms with Gasteiger partial charge in [0, 0.05) is 16.4 Å². The van der Waals surface area contributed by atoms with Crippen LogP contribution >= 0.6 is 11.6 Å². The van der Waals surface area contributed by atoms with E-state index in [0.29, 0.717) is 16.5 Å². The van der Waals surface area contributed by atoms with Crippen LogP contribution in [0.15, 0.2) is 101 Å². The van der Waals surface area contributed by atoms with E-state index in [1.54, 1.807) is 12.1 Å². The molecule has 0 saturated heterocycles. The van der Waals surface area contributed by atoms with Gasteiger partial charge in [0.2, 0.25) is 5.91 Å². The molecule has 4 rings (SSSR count). The lowest BCUT2D eigenvalue weighted by molar-refractivity contribution is -0.114. The summed E-state index contributed by atoms with van der Waals surface area (Å²) in [5, 5.41) is 3.04. The minimum absolute atomic E-state index is 0.00130. The lowest BCUT2D eigenvalue weighted by Gasteiger charge is -2.24. The fourth-order valence-corrected chi connectivity index (χ4v) is 6.46. The smallest absolute Gasteiger partial charge is 0.264 e. The topological polar surface area (TPSA) is 122 Å². The number of nitrogens with zero attached hydrogens (tertiary/aromatic N) is 1. The predicted molar refractivity (Wildman–Crippen MR) is 161 cm³/mol. The number of benzene rings is 4. The zero-order valence-corrected chi connectivity index (χ0v) is 24.8. The van der Waals surface area contributed by atoms with E-state index in [1.165, 1.54) is 79.9 Å². The van der Waals surface area contributed by atoms with E-state index in [2.05, 4.69) is 10.0 Å². The normalized spacial score (nSPS) is 11.5. The fraction of sp³-hybridized carbons (Fsp3) is 0.138. The first-order valence-corrected chi connectivity index (χ1v) is 15.6. The average Bonchev–Trinajstić information content (AvgIpc) is 2.94. The number of amides is 1. The Labute approximate surface area is 244 Å². The summed E-state index contributed by atoms with van der Waals surface area (Å²) in [7, 11) is -6.56. The molecule has 9 nitrogen and oxygen atoms in total. The molecule has 0 spiro atoms. The van der Waals surface area contributed by atoms with E-state index in [-0.39, 0.29) is 21.2 Å². The molecule has 41 heavy (non-hydrogen) atoms. The van der Waals surface area contributed by atoms with Gasteiger partial charge in [-0.25, -0.2) is 16.8 Å². The molecule has 4 aromatic rings. The van der Waals surface area contributed by atoms with Crippen molar-refractivity contribution < 1.29 is 26.4 Å². The Morgan fingerprint density at radius 3 is 1.95 bits per heavy atom. The van der Waals surface area contributed by atoms with Crippen LogP contribution in [-0.4, -0.2) is 36.4 Å². The van der Waals surface area contributed by atoms with E-state index >= 15 is 0 Å². The molecule has 2 N–H and O–H groups in total. The maximum Gasteiger partial charge on any atom is 0.264 e. The number of sulfonamides is 2. The number of anilines is 3. The Morgan fingerprint density at radius 2 is 1.37 bits per heavy atom. The number of rotatable bonds is 10. The number of carbonyl (C=O) groups is 1. The minimum atomic E-state index is -4.15. The zero-order chi connectivity index (χ0) is 29.8. The molecule has 0 aliphatic heterocycles. The summed E-state index contributed by atoms with van der Waals surface area (Å²) in [4.78, 5) is 13.0. The second-order valence-electron chi connectivity index (χ2n) is 9.14. The summed E-state index contributed by atoms with van der Waals surface area (Å²) in [6.07, 6.45) is 0. The Morgan fingerprint density at radius 1 is 0.780 bits per heavy atom. The molecule has 0 heterocycles. The minimum Gasteiger partial charge on any atom is -0.497 e. The van der Waals surface area contributed by atoms with Crippen LogP contribution in [-0.2, 0) is 24.8 Å². The second kappa shape index (κ2) is 12.2. The molecule has 1 amide bonds. The van der Waals surface area contributed by atoms with Crippen molar-refractivity contribution in [3.05, 3.63) is 107 Å². The number of methoxy groups -OCH3 is 1. The molecule has 0 fully saturated rings. The van der Waals surface area contributed by atoms with E-state index in [4.69, 9.17) is 16.3 Å². The molecule has 12 heteroatoms. The second-order valence-corrected chi connectivity index (χ2v) is 13.1. The van der Waals surface area contributed by atoms with Gasteiger partial charge in [0.05, 0.1) is 22.6 Å². The van der Waals surface area contributed by atoms with Gasteiger partial charge >= 0.3 is 0 Å². The summed E-state index contributed by atoms with van der Waals surface area (Å²) in [6, 6.07) is 22.7. The number of hydrogen-bond acceptors (Lipinski definition) is 6. The van der Waals surface area contributed by atoms with E-state index in [9.17, 15) is 21.6 Å². The van der Waals surface area contributed by atoms with Crippen LogP contribution < -0.4 is 19.1 Å². The summed E-state index contributed by atoms with van der Waals surface area (Å²) in [5.74, 6) is -0.157. The van der Waals surface area contributed by atoms with Crippen molar-refractivity contribution in [3.8, 4) is 5.75 Å². The highest BCUT2D eigenvalue weighted by Gasteiger charge is 2.27. The monoisotopic (exact) mass is 613 g/mol. The average molecular weight is 614 g/mol. The number of ether oxygens (including phenoxy) is 1. The number of carbonyl (C=O) groups excluding carboxylic acids is 1. The van der Waals surface area contributed by atoms with Crippen LogP contribution in [0.1, 0.15) is 11.1 Å². The van der Waals surface area contributed by atoms with Crippen molar-refractivity contribution in [3.63, 3.8) is 0 Å². The lowest BCUT2D eigenvalue weighted by atomic mass is 10.1. The van der Waals surface area contributed by atoms with Gasteiger partial charge in [-0.3, -0.25) is 13.8 Å². The van der Waals surface area contributed by atoms with Gasteiger partial charge in [0.25, 0.3) is 20.0 Å². The summed E-state index contributed by atoms with van der Waals surface area (Å²) in [5.41, 5.74) is 2.95. The van der Waals surface area contributed by atoms with Gasteiger partial charge in [-0.1, -0.05) is 17.7 Å². The van der Waals surface area contributed by atoms with Crippen molar-refractivity contribution >= 4 is 54.6 Å². The summed E-state index contributed by atoms with van der Waals surface area (Å²) >= 11 is 5.99. The highest BCUT2D eigenvalue weighted by atomic mass is 35.5. The van der Waals surface area contributed by atoms with Crippen LogP contribution in [0.4, 0.5) is 17.1 Å². The van der Waals surface area contributed by atoms with E-state index in [1.807, 2.05) is 19.9 Å². The summed E-state index contributed by atoms with van der Waals surface area (Å²) in [6.45, 7) is 3.27. The summed E-state index contributed by atoms with van der Waals surface area (Å²) < 4.78 is 61.4. The Kier molecular flexibility index (Phi) is 8.91. The van der Waals surface area contributed by atoms with E-state index in [0.717, 1.165) is 15.4 Å². The van der Waals surface area contributed by atoms with Crippen molar-refractivity contribution in [1.82, 2.24) is 0 Å². The van der Waals surface area contributed by atoms with Gasteiger partial charge in [-0.2, -0.15) is 0 Å². The quantitative estimate of drug-likeness (QED) is 0.240. The molecule has 0 atom stereocenters. The van der Waals surface area contributed by atoms with Crippen LogP contribution in [0.25, 0.3) is 0 Å². The largest absolute Gasteiger partial charge is 0.497 e. The van der Waals surface area contributed by atoms with Gasteiger partial charge < -0.3 is 10.1 Å². The highest BCUT2D eigenvalue weighted by Crippen LogP contribution is 2.27. The Hall–Kier alpha value is -4.06. The SMILES string of the molecule is COc1ccc(S(=O)(=O)N(CC(=O)Nc2ccc(S(=O)(=O)Nc3ccc(C)c(C)c3)cc2)c2ccc(Cl)cc2)cc1. The van der Waals surface area contributed by atoms with Crippen LogP contribution in [0, 0.1) is 13.8 Å². The zero-order valence-electron chi connectivity index (χ0n) is 22.5. The molecule has 0 unspecified atom stereocenters. The third-order valence-corrected chi connectivity index (χ3v) is 9.69. The first kappa shape index (κ1) is 29.9. The van der Waals surface area contributed by atoms with Crippen molar-refractivity contribution in [1.29, 1.82) is 0 Å². The number of nitrogens with one attached hydrogen (secondary N) is 2. The molecule has 4 aromatic carbocycles. The number of hydrogen-bond donors (Lipinski definition) is 2. The standard InChI is InChI=1S/C29H28ClN3O6S2/c1-20-4-7-24(18-21(20)2)32-40(35,36)27-14-8-23(9-15-27)31-29(34)19-33(25-10-5-22(30)6-11-25)41(37,38)28-16-12-26(39-3)13-17-28/h4-18,32H,19H2,1-3H3,(H,31,34). The van der Waals surface area contributed by atoms with E-state index < -0.39 is 32.5 Å². The maximum absolute atomic E-state index is 13.5. The molecular formula is C29H28ClN3O6S2. The Bertz CT molecular complexity index is 1760. The molecule has 0 saturated carbocycles. The van der Waals surface area contributed by atoms with Crippen LogP contribution in [0.5, 0.6) is 5.75 Å². The molecule has 214 valence electrons. The van der Waals surface area contributed by atoms with Crippen molar-refractivity contribution in [2.45, 2.75) is 23.6 Å². The maximum atomic E-state index is 13.5. The fourth-order valence-electron chi connectivity index (χ4n) is 3.86. The van der Waals surface area contributed by atoms with Crippen LogP contribution in [0.3, 0.4) is 0 Å². The molecule has 0 bridgehead atoms. The molecular weight excluding hydrogens is 586 g/mol. The first-order valence-electron chi connectivity index (χ1n) is 12.3. The third-order valence-electron chi connectivity index (χ3n) is 6.26. The first-order chi connectivity index (χ1) is 19.4. The number of halogens is 1. The molecule has 0 aliphatic carbocycles. The lowest BCUT2D eigenvalue weighted by Crippen LogP contribution is -2.38. The van der Waals surface area contributed by atoms with Crippen molar-refractivity contribution in [2.24, 2.45) is 0 Å². The number of aryl methyl sites for hydroxylation is 2. The Balaban J connectivity index is 1.52. The highest BCUT2D eigenvalue weighted by molar-refractivity contribution is 7.93. The molecule has 0 aliphatic rings. The predicted octanol–water partition coefficient (Wildman–Crippen LogP) is 5.60.